The third-order valence-corrected chi connectivity index (χ3v) is 6.93. The average molecular weight is 441 g/mol. The predicted molar refractivity (Wildman–Crippen MR) is 128 cm³/mol. The van der Waals surface area contributed by atoms with Gasteiger partial charge in [0.05, 0.1) is 7.11 Å². The predicted octanol–water partition coefficient (Wildman–Crippen LogP) is 4.10. The zero-order valence-corrected chi connectivity index (χ0v) is 19.1. The Hall–Kier alpha value is -3.28. The second-order valence-corrected chi connectivity index (χ2v) is 8.89. The Balaban J connectivity index is 1.47. The number of hydrogen-bond acceptors (Lipinski definition) is 5. The lowest BCUT2D eigenvalue weighted by Crippen LogP contribution is -2.60. The van der Waals surface area contributed by atoms with Crippen molar-refractivity contribution in [1.82, 2.24) is 9.80 Å². The van der Waals surface area contributed by atoms with Gasteiger partial charge in [-0.25, -0.2) is 0 Å². The molecule has 5 nitrogen and oxygen atoms in total. The molecule has 0 unspecified atom stereocenters. The van der Waals surface area contributed by atoms with E-state index in [1.165, 1.54) is 11.1 Å². The molecule has 5 heteroatoms. The molecule has 0 saturated carbocycles. The number of aryl methyl sites for hydroxylation is 1. The molecule has 3 aromatic carbocycles. The summed E-state index contributed by atoms with van der Waals surface area (Å²) in [6, 6.07) is 23.2. The average Bonchev–Trinajstić information content (AvgIpc) is 3.09. The molecular weight excluding hydrogens is 412 g/mol. The normalized spacial score (nSPS) is 18.4. The molecule has 1 aliphatic heterocycles. The largest absolute Gasteiger partial charge is 0.497 e. The van der Waals surface area contributed by atoms with Crippen LogP contribution in [0.2, 0.25) is 0 Å². The zero-order chi connectivity index (χ0) is 23.0. The van der Waals surface area contributed by atoms with Crippen molar-refractivity contribution in [3.05, 3.63) is 101 Å². The van der Waals surface area contributed by atoms with Gasteiger partial charge < -0.3 is 4.74 Å². The smallest absolute Gasteiger partial charge is 0.196 e. The number of methoxy groups -OCH3 is 1. The van der Waals surface area contributed by atoms with E-state index in [9.17, 15) is 9.59 Å². The summed E-state index contributed by atoms with van der Waals surface area (Å²) in [4.78, 5) is 32.3. The molecule has 0 atom stereocenters. The van der Waals surface area contributed by atoms with E-state index >= 15 is 0 Å². The van der Waals surface area contributed by atoms with Crippen molar-refractivity contribution in [2.24, 2.45) is 0 Å². The van der Waals surface area contributed by atoms with Gasteiger partial charge >= 0.3 is 0 Å². The van der Waals surface area contributed by atoms with E-state index in [2.05, 4.69) is 41.0 Å². The van der Waals surface area contributed by atoms with Gasteiger partial charge in [0.15, 0.2) is 17.1 Å². The summed E-state index contributed by atoms with van der Waals surface area (Å²) in [6.45, 7) is 5.80. The van der Waals surface area contributed by atoms with Crippen molar-refractivity contribution < 1.29 is 14.3 Å². The molecule has 168 valence electrons. The van der Waals surface area contributed by atoms with E-state index in [1.807, 2.05) is 36.4 Å². The van der Waals surface area contributed by atoms with E-state index in [0.717, 1.165) is 19.6 Å². The fraction of sp³-hybridized carbons (Fsp3) is 0.286. The van der Waals surface area contributed by atoms with Crippen LogP contribution in [0.15, 0.2) is 72.8 Å². The topological polar surface area (TPSA) is 49.9 Å². The molecule has 0 bridgehead atoms. The molecular formula is C28H28N2O3. The summed E-state index contributed by atoms with van der Waals surface area (Å²) in [5.41, 5.74) is 2.88. The molecule has 33 heavy (non-hydrogen) atoms. The van der Waals surface area contributed by atoms with Crippen molar-refractivity contribution in [3.8, 4) is 5.75 Å². The maximum absolute atomic E-state index is 13.9. The first-order valence-corrected chi connectivity index (χ1v) is 11.4. The van der Waals surface area contributed by atoms with Crippen LogP contribution in [0.4, 0.5) is 0 Å². The van der Waals surface area contributed by atoms with E-state index in [4.69, 9.17) is 4.74 Å². The zero-order valence-electron chi connectivity index (χ0n) is 19.1. The number of ketones is 2. The Bertz CT molecular complexity index is 1160. The lowest BCUT2D eigenvalue weighted by molar-refractivity contribution is 0.0279. The lowest BCUT2D eigenvalue weighted by atomic mass is 9.82. The van der Waals surface area contributed by atoms with Crippen LogP contribution in [0.1, 0.15) is 37.4 Å². The SMILES string of the molecule is COc1cccc(C2(N3CCN(Cc4ccc(C)cc4)CC3)C(=O)c3ccccc3C2=O)c1. The number of hydrogen-bond donors (Lipinski definition) is 0. The van der Waals surface area contributed by atoms with Gasteiger partial charge in [0.2, 0.25) is 0 Å². The first kappa shape index (κ1) is 21.6. The standard InChI is InChI=1S/C28H28N2O3/c1-20-10-12-21(13-11-20)19-29-14-16-30(17-15-29)28(22-6-5-7-23(18-22)33-2)26(31)24-8-3-4-9-25(24)27(28)32/h3-13,18H,14-17,19H2,1-2H3. The number of ether oxygens (including phenoxy) is 1. The monoisotopic (exact) mass is 440 g/mol. The molecule has 1 fully saturated rings. The highest BCUT2D eigenvalue weighted by molar-refractivity contribution is 6.32. The minimum Gasteiger partial charge on any atom is -0.497 e. The Morgan fingerprint density at radius 1 is 0.818 bits per heavy atom. The van der Waals surface area contributed by atoms with Crippen LogP contribution in [0, 0.1) is 6.92 Å². The first-order valence-electron chi connectivity index (χ1n) is 11.4. The maximum atomic E-state index is 13.9. The van der Waals surface area contributed by atoms with Crippen molar-refractivity contribution in [2.75, 3.05) is 33.3 Å². The summed E-state index contributed by atoms with van der Waals surface area (Å²) in [5.74, 6) is 0.369. The highest BCUT2D eigenvalue weighted by atomic mass is 16.5. The van der Waals surface area contributed by atoms with E-state index in [-0.39, 0.29) is 11.6 Å². The van der Waals surface area contributed by atoms with Crippen LogP contribution in [-0.4, -0.2) is 54.7 Å². The van der Waals surface area contributed by atoms with Gasteiger partial charge in [0.1, 0.15) is 5.75 Å². The molecule has 2 aliphatic rings. The minimum atomic E-state index is -1.34. The molecule has 3 aromatic rings. The van der Waals surface area contributed by atoms with E-state index in [0.29, 0.717) is 35.5 Å². The number of fused-ring (bicyclic) bond motifs is 1. The van der Waals surface area contributed by atoms with Crippen LogP contribution in [0.3, 0.4) is 0 Å². The molecule has 0 N–H and O–H groups in total. The van der Waals surface area contributed by atoms with E-state index < -0.39 is 5.54 Å². The molecule has 0 amide bonds. The lowest BCUT2D eigenvalue weighted by Gasteiger charge is -2.44. The first-order chi connectivity index (χ1) is 16.0. The number of benzene rings is 3. The summed E-state index contributed by atoms with van der Waals surface area (Å²) in [5, 5.41) is 0. The molecule has 1 heterocycles. The van der Waals surface area contributed by atoms with Gasteiger partial charge in [-0.1, -0.05) is 66.2 Å². The van der Waals surface area contributed by atoms with Gasteiger partial charge in [-0.15, -0.1) is 0 Å². The van der Waals surface area contributed by atoms with Gasteiger partial charge in [-0.05, 0) is 30.2 Å². The maximum Gasteiger partial charge on any atom is 0.196 e. The quantitative estimate of drug-likeness (QED) is 0.559. The number of carbonyl (C=O) groups is 2. The number of rotatable bonds is 5. The van der Waals surface area contributed by atoms with Crippen LogP contribution in [0.5, 0.6) is 5.75 Å². The second kappa shape index (κ2) is 8.58. The van der Waals surface area contributed by atoms with Crippen LogP contribution < -0.4 is 4.74 Å². The summed E-state index contributed by atoms with van der Waals surface area (Å²) >= 11 is 0. The number of piperazine rings is 1. The highest BCUT2D eigenvalue weighted by Crippen LogP contribution is 2.43. The van der Waals surface area contributed by atoms with E-state index in [1.54, 1.807) is 19.2 Å². The summed E-state index contributed by atoms with van der Waals surface area (Å²) in [6.07, 6.45) is 0. The van der Waals surface area contributed by atoms with Crippen LogP contribution >= 0.6 is 0 Å². The van der Waals surface area contributed by atoms with Gasteiger partial charge in [-0.3, -0.25) is 19.4 Å². The molecule has 1 saturated heterocycles. The fourth-order valence-corrected chi connectivity index (χ4v) is 5.15. The third kappa shape index (κ3) is 3.58. The molecule has 0 aromatic heterocycles. The Labute approximate surface area is 194 Å². The van der Waals surface area contributed by atoms with Crippen molar-refractivity contribution >= 4 is 11.6 Å². The van der Waals surface area contributed by atoms with Gasteiger partial charge in [0, 0.05) is 43.9 Å². The van der Waals surface area contributed by atoms with Gasteiger partial charge in [0.25, 0.3) is 0 Å². The molecule has 1 aliphatic carbocycles. The van der Waals surface area contributed by atoms with Gasteiger partial charge in [-0.2, -0.15) is 0 Å². The number of carbonyl (C=O) groups excluding carboxylic acids is 2. The third-order valence-electron chi connectivity index (χ3n) is 6.93. The summed E-state index contributed by atoms with van der Waals surface area (Å²) < 4.78 is 5.44. The molecule has 0 radical (unpaired) electrons. The fourth-order valence-electron chi connectivity index (χ4n) is 5.15. The molecule has 5 rings (SSSR count). The van der Waals surface area contributed by atoms with Crippen LogP contribution in [0.25, 0.3) is 0 Å². The number of nitrogens with zero attached hydrogens (tertiary/aromatic N) is 2. The van der Waals surface area contributed by atoms with Crippen molar-refractivity contribution in [1.29, 1.82) is 0 Å². The summed E-state index contributed by atoms with van der Waals surface area (Å²) in [7, 11) is 1.60. The minimum absolute atomic E-state index is 0.136. The molecule has 0 spiro atoms. The van der Waals surface area contributed by atoms with Crippen molar-refractivity contribution in [2.45, 2.75) is 19.0 Å². The Morgan fingerprint density at radius 2 is 1.45 bits per heavy atom. The Kier molecular flexibility index (Phi) is 5.60. The van der Waals surface area contributed by atoms with Crippen molar-refractivity contribution in [3.63, 3.8) is 0 Å². The number of Topliss-reactive ketones (excluding diaryl/α,β-unsaturated/α-hetero) is 2. The second-order valence-electron chi connectivity index (χ2n) is 8.89. The van der Waals surface area contributed by atoms with Crippen LogP contribution in [-0.2, 0) is 12.1 Å². The highest BCUT2D eigenvalue weighted by Gasteiger charge is 2.58. The Morgan fingerprint density at radius 3 is 2.06 bits per heavy atom.